The lowest BCUT2D eigenvalue weighted by atomic mass is 9.94. The number of amides is 1. The van der Waals surface area contributed by atoms with Gasteiger partial charge in [0.15, 0.2) is 0 Å². The summed E-state index contributed by atoms with van der Waals surface area (Å²) in [6.45, 7) is 11.3. The fourth-order valence-corrected chi connectivity index (χ4v) is 4.80. The molecule has 0 bridgehead atoms. The second-order valence-electron chi connectivity index (χ2n) is 9.12. The summed E-state index contributed by atoms with van der Waals surface area (Å²) in [5.74, 6) is -2.21. The van der Waals surface area contributed by atoms with Gasteiger partial charge in [0, 0.05) is 30.0 Å². The van der Waals surface area contributed by atoms with Crippen molar-refractivity contribution in [2.75, 3.05) is 22.9 Å². The minimum atomic E-state index is -0.832. The topological polar surface area (TPSA) is 60.9 Å². The van der Waals surface area contributed by atoms with Crippen LogP contribution in [0.1, 0.15) is 47.7 Å². The van der Waals surface area contributed by atoms with E-state index in [-0.39, 0.29) is 16.9 Å². The number of rotatable bonds is 6. The predicted octanol–water partition coefficient (Wildman–Crippen LogP) is 6.22. The van der Waals surface area contributed by atoms with Crippen molar-refractivity contribution >= 4 is 28.8 Å². The van der Waals surface area contributed by atoms with E-state index in [1.165, 1.54) is 23.1 Å². The first-order chi connectivity index (χ1) is 17.2. The van der Waals surface area contributed by atoms with E-state index >= 15 is 0 Å². The van der Waals surface area contributed by atoms with Crippen LogP contribution in [-0.4, -0.2) is 29.9 Å². The predicted molar refractivity (Wildman–Crippen MR) is 142 cm³/mol. The van der Waals surface area contributed by atoms with E-state index in [2.05, 4.69) is 18.7 Å². The molecule has 5 nitrogen and oxygen atoms in total. The Kier molecular flexibility index (Phi) is 6.97. The molecular weight excluding hydrogens is 455 g/mol. The zero-order valence-electron chi connectivity index (χ0n) is 21.3. The van der Waals surface area contributed by atoms with E-state index < -0.39 is 23.5 Å². The average Bonchev–Trinajstić information content (AvgIpc) is 3.13. The van der Waals surface area contributed by atoms with E-state index in [0.29, 0.717) is 16.8 Å². The highest BCUT2D eigenvalue weighted by Gasteiger charge is 2.47. The van der Waals surface area contributed by atoms with Gasteiger partial charge in [-0.3, -0.25) is 14.5 Å². The number of aryl methyl sites for hydroxylation is 2. The average molecular weight is 487 g/mol. The largest absolute Gasteiger partial charge is 0.507 e. The maximum atomic E-state index is 13.9. The van der Waals surface area contributed by atoms with Crippen LogP contribution in [0.4, 0.5) is 15.8 Å². The van der Waals surface area contributed by atoms with Crippen molar-refractivity contribution < 1.29 is 19.1 Å². The molecule has 3 aromatic carbocycles. The van der Waals surface area contributed by atoms with Crippen LogP contribution in [0.3, 0.4) is 0 Å². The molecule has 1 N–H and O–H groups in total. The fraction of sp³-hybridized carbons (Fsp3) is 0.267. The Morgan fingerprint density at radius 1 is 0.944 bits per heavy atom. The van der Waals surface area contributed by atoms with Gasteiger partial charge in [-0.15, -0.1) is 0 Å². The van der Waals surface area contributed by atoms with Crippen molar-refractivity contribution in [1.29, 1.82) is 0 Å². The van der Waals surface area contributed by atoms with E-state index in [9.17, 15) is 19.1 Å². The Hall–Kier alpha value is -3.93. The molecule has 1 fully saturated rings. The van der Waals surface area contributed by atoms with Gasteiger partial charge in [0.2, 0.25) is 0 Å². The quantitative estimate of drug-likeness (QED) is 0.255. The highest BCUT2D eigenvalue weighted by atomic mass is 19.1. The Morgan fingerprint density at radius 3 is 2.22 bits per heavy atom. The first kappa shape index (κ1) is 25.2. The highest BCUT2D eigenvalue weighted by Crippen LogP contribution is 2.43. The first-order valence-electron chi connectivity index (χ1n) is 12.2. The molecule has 0 radical (unpaired) electrons. The van der Waals surface area contributed by atoms with Gasteiger partial charge in [-0.1, -0.05) is 24.3 Å². The van der Waals surface area contributed by atoms with Crippen molar-refractivity contribution in [2.45, 2.75) is 40.7 Å². The van der Waals surface area contributed by atoms with Gasteiger partial charge >= 0.3 is 0 Å². The second-order valence-corrected chi connectivity index (χ2v) is 9.12. The van der Waals surface area contributed by atoms with Gasteiger partial charge in [-0.25, -0.2) is 4.39 Å². The number of benzene rings is 3. The number of anilines is 2. The maximum absolute atomic E-state index is 13.9. The summed E-state index contributed by atoms with van der Waals surface area (Å²) in [5, 5.41) is 11.3. The maximum Gasteiger partial charge on any atom is 0.300 e. The summed E-state index contributed by atoms with van der Waals surface area (Å²) in [6, 6.07) is 16.6. The fourth-order valence-electron chi connectivity index (χ4n) is 4.80. The zero-order valence-corrected chi connectivity index (χ0v) is 21.3. The minimum Gasteiger partial charge on any atom is -0.507 e. The molecule has 0 aliphatic carbocycles. The highest BCUT2D eigenvalue weighted by molar-refractivity contribution is 6.51. The van der Waals surface area contributed by atoms with Gasteiger partial charge in [-0.05, 0) is 93.3 Å². The lowest BCUT2D eigenvalue weighted by molar-refractivity contribution is -0.132. The van der Waals surface area contributed by atoms with Gasteiger partial charge in [0.1, 0.15) is 11.6 Å². The molecule has 0 aromatic heterocycles. The lowest BCUT2D eigenvalue weighted by Crippen LogP contribution is -2.30. The summed E-state index contributed by atoms with van der Waals surface area (Å²) in [6.07, 6.45) is 0. The third-order valence-electron chi connectivity index (χ3n) is 7.05. The first-order valence-corrected chi connectivity index (χ1v) is 12.2. The Morgan fingerprint density at radius 2 is 1.61 bits per heavy atom. The van der Waals surface area contributed by atoms with Crippen molar-refractivity contribution in [3.05, 3.63) is 99.9 Å². The zero-order chi connectivity index (χ0) is 26.1. The third kappa shape index (κ3) is 4.28. The summed E-state index contributed by atoms with van der Waals surface area (Å²) in [7, 11) is 0. The summed E-state index contributed by atoms with van der Waals surface area (Å²) >= 11 is 0. The van der Waals surface area contributed by atoms with Crippen LogP contribution in [0.2, 0.25) is 0 Å². The summed E-state index contributed by atoms with van der Waals surface area (Å²) < 4.78 is 13.9. The number of aliphatic hydroxyl groups is 1. The molecule has 1 aliphatic heterocycles. The molecule has 6 heteroatoms. The molecule has 0 saturated carbocycles. The van der Waals surface area contributed by atoms with E-state index in [0.717, 1.165) is 29.9 Å². The minimum absolute atomic E-state index is 0.0116. The van der Waals surface area contributed by atoms with Crippen LogP contribution in [-0.2, 0) is 9.59 Å². The van der Waals surface area contributed by atoms with Crippen molar-refractivity contribution in [3.63, 3.8) is 0 Å². The van der Waals surface area contributed by atoms with Crippen LogP contribution in [0, 0.1) is 26.6 Å². The number of aliphatic hydroxyl groups excluding tert-OH is 1. The number of carbonyl (C=O) groups excluding carboxylic acids is 2. The van der Waals surface area contributed by atoms with Crippen molar-refractivity contribution in [3.8, 4) is 0 Å². The number of nitrogens with zero attached hydrogens (tertiary/aromatic N) is 2. The molecular formula is C30H31FN2O3. The van der Waals surface area contributed by atoms with Crippen LogP contribution >= 0.6 is 0 Å². The van der Waals surface area contributed by atoms with E-state index in [1.807, 2.05) is 56.3 Å². The van der Waals surface area contributed by atoms with Crippen molar-refractivity contribution in [1.82, 2.24) is 0 Å². The van der Waals surface area contributed by atoms with E-state index in [4.69, 9.17) is 0 Å². The number of hydrogen-bond donors (Lipinski definition) is 1. The number of Topliss-reactive ketones (excluding diaryl/α,β-unsaturated/α-hetero) is 1. The molecule has 1 amide bonds. The van der Waals surface area contributed by atoms with E-state index in [1.54, 1.807) is 6.92 Å². The summed E-state index contributed by atoms with van der Waals surface area (Å²) in [4.78, 5) is 30.5. The van der Waals surface area contributed by atoms with Crippen LogP contribution in [0.15, 0.2) is 66.2 Å². The number of hydrogen-bond acceptors (Lipinski definition) is 4. The van der Waals surface area contributed by atoms with Gasteiger partial charge in [0.05, 0.1) is 11.6 Å². The Balaban J connectivity index is 1.94. The number of halogens is 1. The third-order valence-corrected chi connectivity index (χ3v) is 7.05. The number of ketones is 1. The molecule has 186 valence electrons. The Labute approximate surface area is 211 Å². The monoisotopic (exact) mass is 486 g/mol. The van der Waals surface area contributed by atoms with Crippen LogP contribution in [0.5, 0.6) is 0 Å². The van der Waals surface area contributed by atoms with Gasteiger partial charge < -0.3 is 10.0 Å². The lowest BCUT2D eigenvalue weighted by Gasteiger charge is -2.28. The SMILES string of the molecule is CCN(CC)c1ccc(C2/C(=C(\O)c3ccc(F)c(C)c3)C(=O)C(=O)N2c2cccc(C)c2C)cc1. The molecule has 1 saturated heterocycles. The molecule has 0 spiro atoms. The Bertz CT molecular complexity index is 1360. The smallest absolute Gasteiger partial charge is 0.300 e. The van der Waals surface area contributed by atoms with Gasteiger partial charge in [-0.2, -0.15) is 0 Å². The molecule has 1 atom stereocenters. The van der Waals surface area contributed by atoms with Gasteiger partial charge in [0.25, 0.3) is 11.7 Å². The van der Waals surface area contributed by atoms with Crippen LogP contribution in [0.25, 0.3) is 5.76 Å². The van der Waals surface area contributed by atoms with Crippen LogP contribution < -0.4 is 9.80 Å². The molecule has 1 unspecified atom stereocenters. The molecule has 3 aromatic rings. The molecule has 4 rings (SSSR count). The van der Waals surface area contributed by atoms with Crippen molar-refractivity contribution in [2.24, 2.45) is 0 Å². The summed E-state index contributed by atoms with van der Waals surface area (Å²) in [5.41, 5.74) is 4.82. The number of carbonyl (C=O) groups is 2. The standard InChI is InChI=1S/C30H31FN2O3/c1-6-32(7-2)23-14-11-21(12-15-23)27-26(28(34)22-13-16-24(31)19(4)17-22)29(35)30(36)33(27)25-10-8-9-18(3)20(25)5/h8-17,27,34H,6-7H2,1-5H3/b28-26+. The molecule has 1 heterocycles. The normalized spacial score (nSPS) is 17.1. The molecule has 1 aliphatic rings. The molecule has 36 heavy (non-hydrogen) atoms. The second kappa shape index (κ2) is 9.97.